The molecular weight excluding hydrogens is 384 g/mol. The largest absolute Gasteiger partial charge is 0.454 e. The first kappa shape index (κ1) is 15.0. The third-order valence-electron chi connectivity index (χ3n) is 3.67. The maximum Gasteiger partial charge on any atom is 0.286 e. The lowest BCUT2D eigenvalue weighted by molar-refractivity contribution is -0.113. The molecule has 120 valence electrons. The summed E-state index contributed by atoms with van der Waals surface area (Å²) in [5.41, 5.74) is 0.864. The molecule has 1 aromatic rings. The Labute approximate surface area is 145 Å². The summed E-state index contributed by atoms with van der Waals surface area (Å²) in [6.45, 7) is 3.08. The number of fused-ring (bicyclic) bond motifs is 1. The van der Waals surface area contributed by atoms with Crippen LogP contribution in [-0.2, 0) is 9.53 Å². The molecule has 0 unspecified atom stereocenters. The second-order valence-electron chi connectivity index (χ2n) is 5.14. The van der Waals surface area contributed by atoms with E-state index in [0.717, 1.165) is 28.3 Å². The highest BCUT2D eigenvalue weighted by molar-refractivity contribution is 9.10. The molecule has 1 aromatic carbocycles. The van der Waals surface area contributed by atoms with Gasteiger partial charge in [0.25, 0.3) is 5.91 Å². The van der Waals surface area contributed by atoms with E-state index in [1.165, 1.54) is 11.8 Å². The van der Waals surface area contributed by atoms with E-state index < -0.39 is 0 Å². The summed E-state index contributed by atoms with van der Waals surface area (Å²) in [5, 5.41) is 0.751. The van der Waals surface area contributed by atoms with Crippen molar-refractivity contribution < 1.29 is 19.0 Å². The minimum absolute atomic E-state index is 0.207. The highest BCUT2D eigenvalue weighted by Gasteiger charge is 2.27. The lowest BCUT2D eigenvalue weighted by atomic mass is 10.2. The number of ether oxygens (including phenoxy) is 3. The van der Waals surface area contributed by atoms with Gasteiger partial charge in [-0.1, -0.05) is 15.9 Å². The normalized spacial score (nSPS) is 22.0. The predicted molar refractivity (Wildman–Crippen MR) is 90.7 cm³/mol. The smallest absolute Gasteiger partial charge is 0.286 e. The Morgan fingerprint density at radius 2 is 1.96 bits per heavy atom. The van der Waals surface area contributed by atoms with E-state index in [1.54, 1.807) is 0 Å². The number of benzene rings is 1. The number of morpholine rings is 1. The van der Waals surface area contributed by atoms with Crippen molar-refractivity contribution in [2.24, 2.45) is 4.99 Å². The standard InChI is InChI=1S/C15H13BrN2O4S/c16-10-7-12-11(21-8-22-12)5-9(10)6-13-14(19)17-15(23-13)18-1-3-20-4-2-18/h5-7H,1-4,8H2/b13-6-. The molecule has 0 aromatic heterocycles. The molecule has 8 heteroatoms. The molecule has 0 bridgehead atoms. The number of thioether (sulfide) groups is 1. The molecule has 0 N–H and O–H groups in total. The van der Waals surface area contributed by atoms with Crippen LogP contribution in [0.3, 0.4) is 0 Å². The Balaban J connectivity index is 1.57. The van der Waals surface area contributed by atoms with Crippen molar-refractivity contribution in [1.82, 2.24) is 4.90 Å². The van der Waals surface area contributed by atoms with Crippen molar-refractivity contribution in [3.8, 4) is 11.5 Å². The van der Waals surface area contributed by atoms with Crippen molar-refractivity contribution >= 4 is 44.8 Å². The zero-order valence-corrected chi connectivity index (χ0v) is 14.5. The summed E-state index contributed by atoms with van der Waals surface area (Å²) in [6.07, 6.45) is 1.83. The highest BCUT2D eigenvalue weighted by Crippen LogP contribution is 2.39. The van der Waals surface area contributed by atoms with E-state index in [4.69, 9.17) is 14.2 Å². The lowest BCUT2D eigenvalue weighted by Gasteiger charge is -2.27. The zero-order valence-electron chi connectivity index (χ0n) is 12.1. The first-order valence-corrected chi connectivity index (χ1v) is 8.76. The molecule has 0 atom stereocenters. The van der Waals surface area contributed by atoms with Gasteiger partial charge in [0.1, 0.15) is 0 Å². The average molecular weight is 397 g/mol. The number of halogens is 1. The van der Waals surface area contributed by atoms with Crippen LogP contribution >= 0.6 is 27.7 Å². The summed E-state index contributed by atoms with van der Waals surface area (Å²) in [7, 11) is 0. The van der Waals surface area contributed by atoms with Gasteiger partial charge in [-0.25, -0.2) is 0 Å². The molecule has 6 nitrogen and oxygen atoms in total. The van der Waals surface area contributed by atoms with Crippen LogP contribution in [0.4, 0.5) is 0 Å². The fourth-order valence-corrected chi connectivity index (χ4v) is 3.87. The van der Waals surface area contributed by atoms with E-state index >= 15 is 0 Å². The summed E-state index contributed by atoms with van der Waals surface area (Å²) in [6, 6.07) is 3.71. The molecule has 0 saturated carbocycles. The van der Waals surface area contributed by atoms with Gasteiger partial charge in [0.15, 0.2) is 16.7 Å². The van der Waals surface area contributed by atoms with Gasteiger partial charge in [-0.05, 0) is 35.5 Å². The molecule has 3 aliphatic heterocycles. The molecule has 1 saturated heterocycles. The van der Waals surface area contributed by atoms with E-state index in [9.17, 15) is 4.79 Å². The predicted octanol–water partition coefficient (Wildman–Crippen LogP) is 2.48. The van der Waals surface area contributed by atoms with E-state index in [1.807, 2.05) is 18.2 Å². The Bertz CT molecular complexity index is 728. The van der Waals surface area contributed by atoms with E-state index in [-0.39, 0.29) is 12.7 Å². The number of carbonyl (C=O) groups excluding carboxylic acids is 1. The van der Waals surface area contributed by atoms with Gasteiger partial charge in [0.2, 0.25) is 6.79 Å². The molecule has 3 aliphatic rings. The van der Waals surface area contributed by atoms with E-state index in [0.29, 0.717) is 29.6 Å². The quantitative estimate of drug-likeness (QED) is 0.679. The van der Waals surface area contributed by atoms with Gasteiger partial charge in [0, 0.05) is 17.6 Å². The van der Waals surface area contributed by atoms with Crippen LogP contribution in [0, 0.1) is 0 Å². The maximum absolute atomic E-state index is 12.2. The van der Waals surface area contributed by atoms with Crippen LogP contribution < -0.4 is 9.47 Å². The number of hydrogen-bond acceptors (Lipinski definition) is 6. The molecule has 0 aliphatic carbocycles. The lowest BCUT2D eigenvalue weighted by Crippen LogP contribution is -2.38. The monoisotopic (exact) mass is 396 g/mol. The second kappa shape index (κ2) is 6.18. The van der Waals surface area contributed by atoms with Crippen molar-refractivity contribution in [2.45, 2.75) is 0 Å². The first-order chi connectivity index (χ1) is 11.2. The number of aliphatic imine (C=N–C) groups is 1. The number of amidine groups is 1. The van der Waals surface area contributed by atoms with Gasteiger partial charge in [0.05, 0.1) is 18.1 Å². The summed E-state index contributed by atoms with van der Waals surface area (Å²) < 4.78 is 16.9. The molecule has 3 heterocycles. The number of nitrogens with zero attached hydrogens (tertiary/aromatic N) is 2. The Kier molecular flexibility index (Phi) is 4.04. The number of rotatable bonds is 1. The minimum Gasteiger partial charge on any atom is -0.454 e. The van der Waals surface area contributed by atoms with Crippen LogP contribution in [0.25, 0.3) is 6.08 Å². The molecule has 4 rings (SSSR count). The third-order valence-corrected chi connectivity index (χ3v) is 5.40. The Hall–Kier alpha value is -1.51. The van der Waals surface area contributed by atoms with Gasteiger partial charge >= 0.3 is 0 Å². The zero-order chi connectivity index (χ0) is 15.8. The molecule has 23 heavy (non-hydrogen) atoms. The first-order valence-electron chi connectivity index (χ1n) is 7.15. The van der Waals surface area contributed by atoms with Gasteiger partial charge in [-0.2, -0.15) is 4.99 Å². The van der Waals surface area contributed by atoms with Gasteiger partial charge < -0.3 is 19.1 Å². The molecule has 0 radical (unpaired) electrons. The van der Waals surface area contributed by atoms with Crippen LogP contribution in [0.2, 0.25) is 0 Å². The SMILES string of the molecule is O=C1N=C(N2CCOCC2)S/C1=C\c1cc2c(cc1Br)OCO2. The second-order valence-corrected chi connectivity index (χ2v) is 7.00. The maximum atomic E-state index is 12.2. The fraction of sp³-hybridized carbons (Fsp3) is 0.333. The molecule has 1 fully saturated rings. The van der Waals surface area contributed by atoms with Crippen LogP contribution in [0.1, 0.15) is 5.56 Å². The minimum atomic E-state index is -0.207. The third kappa shape index (κ3) is 2.98. The van der Waals surface area contributed by atoms with Gasteiger partial charge in [-0.15, -0.1) is 0 Å². The number of carbonyl (C=O) groups is 1. The summed E-state index contributed by atoms with van der Waals surface area (Å²) in [5.74, 6) is 1.18. The number of amides is 1. The fourth-order valence-electron chi connectivity index (χ4n) is 2.47. The van der Waals surface area contributed by atoms with Crippen molar-refractivity contribution in [1.29, 1.82) is 0 Å². The molecular formula is C15H13BrN2O4S. The van der Waals surface area contributed by atoms with E-state index in [2.05, 4.69) is 25.8 Å². The van der Waals surface area contributed by atoms with Gasteiger partial charge in [-0.3, -0.25) is 4.79 Å². The Morgan fingerprint density at radius 3 is 2.74 bits per heavy atom. The topological polar surface area (TPSA) is 60.4 Å². The van der Waals surface area contributed by atoms with Crippen LogP contribution in [-0.4, -0.2) is 49.1 Å². The molecule has 0 spiro atoms. The average Bonchev–Trinajstić information content (AvgIpc) is 3.15. The highest BCUT2D eigenvalue weighted by atomic mass is 79.9. The van der Waals surface area contributed by atoms with Crippen molar-refractivity contribution in [2.75, 3.05) is 33.1 Å². The summed E-state index contributed by atoms with van der Waals surface area (Å²) >= 11 is 4.90. The Morgan fingerprint density at radius 1 is 1.22 bits per heavy atom. The summed E-state index contributed by atoms with van der Waals surface area (Å²) in [4.78, 5) is 19.0. The van der Waals surface area contributed by atoms with Crippen LogP contribution in [0.5, 0.6) is 11.5 Å². The van der Waals surface area contributed by atoms with Crippen molar-refractivity contribution in [3.63, 3.8) is 0 Å². The molecule has 1 amide bonds. The van der Waals surface area contributed by atoms with Crippen molar-refractivity contribution in [3.05, 3.63) is 27.1 Å². The number of hydrogen-bond donors (Lipinski definition) is 0. The van der Waals surface area contributed by atoms with Crippen LogP contribution in [0.15, 0.2) is 26.5 Å².